The highest BCUT2D eigenvalue weighted by Crippen LogP contribution is 2.26. The van der Waals surface area contributed by atoms with Crippen LogP contribution in [-0.2, 0) is 6.54 Å². The van der Waals surface area contributed by atoms with Crippen molar-refractivity contribution in [1.82, 2.24) is 19.9 Å². The Labute approximate surface area is 145 Å². The SMILES string of the molecule is Cc1onc(-c2ccc(Cl)nc2)c1Cn1ncc(Cl)c(Cl)c1=O. The number of hydrogen-bond acceptors (Lipinski definition) is 5. The summed E-state index contributed by atoms with van der Waals surface area (Å²) >= 11 is 17.4. The minimum Gasteiger partial charge on any atom is -0.361 e. The van der Waals surface area contributed by atoms with Gasteiger partial charge in [0.2, 0.25) is 0 Å². The topological polar surface area (TPSA) is 73.8 Å². The fraction of sp³-hybridized carbons (Fsp3) is 0.143. The highest BCUT2D eigenvalue weighted by Gasteiger charge is 2.17. The van der Waals surface area contributed by atoms with Crippen molar-refractivity contribution >= 4 is 34.8 Å². The number of pyridine rings is 1. The van der Waals surface area contributed by atoms with E-state index >= 15 is 0 Å². The maximum absolute atomic E-state index is 12.1. The van der Waals surface area contributed by atoms with Crippen LogP contribution < -0.4 is 5.56 Å². The van der Waals surface area contributed by atoms with Crippen LogP contribution in [0.5, 0.6) is 0 Å². The van der Waals surface area contributed by atoms with Crippen molar-refractivity contribution in [3.63, 3.8) is 0 Å². The van der Waals surface area contributed by atoms with Gasteiger partial charge < -0.3 is 4.52 Å². The quantitative estimate of drug-likeness (QED) is 0.658. The van der Waals surface area contributed by atoms with Crippen molar-refractivity contribution in [2.75, 3.05) is 0 Å². The second-order valence-electron chi connectivity index (χ2n) is 4.70. The Hall–Kier alpha value is -1.89. The third kappa shape index (κ3) is 3.10. The van der Waals surface area contributed by atoms with Crippen molar-refractivity contribution in [1.29, 1.82) is 0 Å². The van der Waals surface area contributed by atoms with Crippen molar-refractivity contribution in [3.8, 4) is 11.3 Å². The van der Waals surface area contributed by atoms with Gasteiger partial charge in [-0.25, -0.2) is 9.67 Å². The molecule has 0 saturated carbocycles. The molecule has 0 amide bonds. The first kappa shape index (κ1) is 16.0. The van der Waals surface area contributed by atoms with Gasteiger partial charge in [-0.05, 0) is 19.1 Å². The molecular formula is C14H9Cl3N4O2. The summed E-state index contributed by atoms with van der Waals surface area (Å²) in [4.78, 5) is 16.1. The molecule has 3 heterocycles. The van der Waals surface area contributed by atoms with E-state index in [2.05, 4.69) is 15.2 Å². The molecule has 6 nitrogen and oxygen atoms in total. The Morgan fingerprint density at radius 3 is 2.70 bits per heavy atom. The number of rotatable bonds is 3. The van der Waals surface area contributed by atoms with E-state index in [0.29, 0.717) is 27.7 Å². The van der Waals surface area contributed by atoms with Gasteiger partial charge in [0.1, 0.15) is 21.6 Å². The predicted molar refractivity (Wildman–Crippen MR) is 87.1 cm³/mol. The smallest absolute Gasteiger partial charge is 0.287 e. The van der Waals surface area contributed by atoms with Gasteiger partial charge in [-0.1, -0.05) is 40.0 Å². The monoisotopic (exact) mass is 370 g/mol. The average molecular weight is 372 g/mol. The lowest BCUT2D eigenvalue weighted by Crippen LogP contribution is -2.24. The molecule has 3 rings (SSSR count). The van der Waals surface area contributed by atoms with E-state index in [1.165, 1.54) is 10.9 Å². The highest BCUT2D eigenvalue weighted by molar-refractivity contribution is 6.41. The fourth-order valence-electron chi connectivity index (χ4n) is 2.03. The minimum atomic E-state index is -0.486. The Balaban J connectivity index is 2.05. The molecule has 0 aromatic carbocycles. The molecule has 9 heteroatoms. The lowest BCUT2D eigenvalue weighted by Gasteiger charge is -2.06. The van der Waals surface area contributed by atoms with E-state index in [9.17, 15) is 4.79 Å². The lowest BCUT2D eigenvalue weighted by atomic mass is 10.1. The predicted octanol–water partition coefficient (Wildman–Crippen LogP) is 3.61. The molecule has 3 aromatic heterocycles. The first-order chi connectivity index (χ1) is 11.0. The fourth-order valence-corrected chi connectivity index (χ4v) is 2.41. The van der Waals surface area contributed by atoms with E-state index in [1.807, 2.05) is 0 Å². The summed E-state index contributed by atoms with van der Waals surface area (Å²) in [6.45, 7) is 1.89. The van der Waals surface area contributed by atoms with Gasteiger partial charge in [0, 0.05) is 17.3 Å². The number of aromatic nitrogens is 4. The molecule has 0 aliphatic carbocycles. The van der Waals surface area contributed by atoms with Crippen molar-refractivity contribution in [2.24, 2.45) is 0 Å². The summed E-state index contributed by atoms with van der Waals surface area (Å²) in [7, 11) is 0. The molecule has 3 aromatic rings. The summed E-state index contributed by atoms with van der Waals surface area (Å²) in [5.41, 5.74) is 1.49. The summed E-state index contributed by atoms with van der Waals surface area (Å²) in [6, 6.07) is 3.41. The molecule has 0 saturated heterocycles. The minimum absolute atomic E-state index is 0.0783. The van der Waals surface area contributed by atoms with Gasteiger partial charge in [0.25, 0.3) is 5.56 Å². The van der Waals surface area contributed by atoms with E-state index in [1.54, 1.807) is 25.3 Å². The first-order valence-electron chi connectivity index (χ1n) is 6.45. The van der Waals surface area contributed by atoms with E-state index in [4.69, 9.17) is 39.3 Å². The Morgan fingerprint density at radius 2 is 2.00 bits per heavy atom. The number of hydrogen-bond donors (Lipinski definition) is 0. The van der Waals surface area contributed by atoms with Crippen LogP contribution >= 0.6 is 34.8 Å². The zero-order chi connectivity index (χ0) is 16.6. The largest absolute Gasteiger partial charge is 0.361 e. The first-order valence-corrected chi connectivity index (χ1v) is 7.59. The van der Waals surface area contributed by atoms with Crippen LogP contribution in [0.1, 0.15) is 11.3 Å². The average Bonchev–Trinajstić information content (AvgIpc) is 2.90. The molecule has 0 unspecified atom stereocenters. The Kier molecular flexibility index (Phi) is 4.39. The van der Waals surface area contributed by atoms with Gasteiger partial charge in [-0.3, -0.25) is 4.79 Å². The second-order valence-corrected chi connectivity index (χ2v) is 5.88. The van der Waals surface area contributed by atoms with Crippen molar-refractivity contribution in [3.05, 3.63) is 61.4 Å². The summed E-state index contributed by atoms with van der Waals surface area (Å²) < 4.78 is 6.43. The van der Waals surface area contributed by atoms with E-state index in [0.717, 1.165) is 0 Å². The number of nitrogens with zero attached hydrogens (tertiary/aromatic N) is 4. The highest BCUT2D eigenvalue weighted by atomic mass is 35.5. The van der Waals surface area contributed by atoms with Crippen LogP contribution in [0.3, 0.4) is 0 Å². The molecule has 0 radical (unpaired) electrons. The van der Waals surface area contributed by atoms with E-state index < -0.39 is 5.56 Å². The summed E-state index contributed by atoms with van der Waals surface area (Å²) in [5.74, 6) is 0.565. The molecule has 0 N–H and O–H groups in total. The lowest BCUT2D eigenvalue weighted by molar-refractivity contribution is 0.397. The summed E-state index contributed by atoms with van der Waals surface area (Å²) in [6.07, 6.45) is 2.89. The van der Waals surface area contributed by atoms with Crippen molar-refractivity contribution < 1.29 is 4.52 Å². The number of aryl methyl sites for hydroxylation is 1. The van der Waals surface area contributed by atoms with Crippen LogP contribution in [0.15, 0.2) is 33.8 Å². The molecule has 23 heavy (non-hydrogen) atoms. The second kappa shape index (κ2) is 6.31. The van der Waals surface area contributed by atoms with Gasteiger partial charge >= 0.3 is 0 Å². The number of halogens is 3. The zero-order valence-corrected chi connectivity index (χ0v) is 14.0. The van der Waals surface area contributed by atoms with E-state index in [-0.39, 0.29) is 16.6 Å². The summed E-state index contributed by atoms with van der Waals surface area (Å²) in [5, 5.41) is 8.41. The van der Waals surface area contributed by atoms with Crippen LogP contribution in [-0.4, -0.2) is 19.9 Å². The Morgan fingerprint density at radius 1 is 1.22 bits per heavy atom. The molecule has 0 atom stereocenters. The maximum atomic E-state index is 12.1. The zero-order valence-electron chi connectivity index (χ0n) is 11.8. The van der Waals surface area contributed by atoms with Crippen LogP contribution in [0.25, 0.3) is 11.3 Å². The van der Waals surface area contributed by atoms with Crippen LogP contribution in [0.2, 0.25) is 15.2 Å². The normalized spacial score (nSPS) is 11.0. The molecule has 0 aliphatic rings. The molecule has 118 valence electrons. The third-order valence-corrected chi connectivity index (χ3v) is 4.21. The van der Waals surface area contributed by atoms with Gasteiger partial charge in [0.05, 0.1) is 17.8 Å². The van der Waals surface area contributed by atoms with Gasteiger partial charge in [-0.15, -0.1) is 0 Å². The van der Waals surface area contributed by atoms with Crippen molar-refractivity contribution in [2.45, 2.75) is 13.5 Å². The standard InChI is InChI=1S/C14H9Cl3N4O2/c1-7-9(6-21-14(22)12(17)10(15)5-19-21)13(20-23-7)8-2-3-11(16)18-4-8/h2-5H,6H2,1H3. The molecule has 0 fully saturated rings. The van der Waals surface area contributed by atoms with Gasteiger partial charge in [0.15, 0.2) is 0 Å². The van der Waals surface area contributed by atoms with Crippen LogP contribution in [0.4, 0.5) is 0 Å². The molecule has 0 aliphatic heterocycles. The van der Waals surface area contributed by atoms with Gasteiger partial charge in [-0.2, -0.15) is 5.10 Å². The molecule has 0 spiro atoms. The Bertz CT molecular complexity index is 919. The molecule has 0 bridgehead atoms. The molecular weight excluding hydrogens is 363 g/mol. The van der Waals surface area contributed by atoms with Crippen LogP contribution in [0, 0.1) is 6.92 Å². The maximum Gasteiger partial charge on any atom is 0.287 e. The third-order valence-electron chi connectivity index (χ3n) is 3.24.